The molecule has 0 atom stereocenters. The molecule has 114 valence electrons. The van der Waals surface area contributed by atoms with Gasteiger partial charge in [0.05, 0.1) is 18.0 Å². The maximum absolute atomic E-state index is 13.8. The number of hydrogen-bond acceptors (Lipinski definition) is 3. The molecule has 0 aliphatic rings. The molecule has 0 unspecified atom stereocenters. The minimum absolute atomic E-state index is 0.271. The standard InChI is InChI=1S/C16H22FN3O/c1-4-21-16-6-5-14(9-15(16)17)20-8-7-13(19-20)11-18-10-12(2)3/h5-9,12,18H,4,10-11H2,1-3H3. The van der Waals surface area contributed by atoms with Gasteiger partial charge in [-0.3, -0.25) is 0 Å². The van der Waals surface area contributed by atoms with E-state index >= 15 is 0 Å². The van der Waals surface area contributed by atoms with E-state index in [2.05, 4.69) is 24.3 Å². The van der Waals surface area contributed by atoms with Crippen molar-refractivity contribution < 1.29 is 9.13 Å². The first kappa shape index (κ1) is 15.5. The molecule has 1 aromatic heterocycles. The summed E-state index contributed by atoms with van der Waals surface area (Å²) < 4.78 is 20.7. The first-order chi connectivity index (χ1) is 10.1. The Balaban J connectivity index is 2.05. The number of hydrogen-bond donors (Lipinski definition) is 1. The molecule has 1 aromatic carbocycles. The van der Waals surface area contributed by atoms with Gasteiger partial charge < -0.3 is 10.1 Å². The van der Waals surface area contributed by atoms with Gasteiger partial charge in [-0.2, -0.15) is 5.10 Å². The zero-order valence-electron chi connectivity index (χ0n) is 12.8. The molecule has 0 saturated carbocycles. The van der Waals surface area contributed by atoms with E-state index in [-0.39, 0.29) is 11.6 Å². The molecule has 0 aliphatic heterocycles. The van der Waals surface area contributed by atoms with E-state index in [1.54, 1.807) is 16.8 Å². The molecular weight excluding hydrogens is 269 g/mol. The highest BCUT2D eigenvalue weighted by atomic mass is 19.1. The summed E-state index contributed by atoms with van der Waals surface area (Å²) in [6.45, 7) is 8.26. The molecule has 2 rings (SSSR count). The predicted octanol–water partition coefficient (Wildman–Crippen LogP) is 3.16. The largest absolute Gasteiger partial charge is 0.491 e. The van der Waals surface area contributed by atoms with Gasteiger partial charge >= 0.3 is 0 Å². The van der Waals surface area contributed by atoms with E-state index in [1.807, 2.05) is 19.2 Å². The average Bonchev–Trinajstić information content (AvgIpc) is 2.90. The van der Waals surface area contributed by atoms with Gasteiger partial charge in [-0.25, -0.2) is 9.07 Å². The fourth-order valence-corrected chi connectivity index (χ4v) is 1.99. The third-order valence-electron chi connectivity index (χ3n) is 2.98. The molecule has 0 aliphatic carbocycles. The highest BCUT2D eigenvalue weighted by Gasteiger charge is 2.07. The second-order valence-corrected chi connectivity index (χ2v) is 5.32. The van der Waals surface area contributed by atoms with Gasteiger partial charge in [-0.1, -0.05) is 13.8 Å². The van der Waals surface area contributed by atoms with Crippen molar-refractivity contribution in [1.82, 2.24) is 15.1 Å². The molecule has 0 radical (unpaired) electrons. The number of rotatable bonds is 7. The van der Waals surface area contributed by atoms with E-state index in [4.69, 9.17) is 4.74 Å². The van der Waals surface area contributed by atoms with Crippen LogP contribution in [0.15, 0.2) is 30.5 Å². The second kappa shape index (κ2) is 7.22. The minimum Gasteiger partial charge on any atom is -0.491 e. The van der Waals surface area contributed by atoms with E-state index in [1.165, 1.54) is 6.07 Å². The molecular formula is C16H22FN3O. The summed E-state index contributed by atoms with van der Waals surface area (Å²) in [5, 5.41) is 7.77. The zero-order valence-corrected chi connectivity index (χ0v) is 12.8. The molecule has 1 N–H and O–H groups in total. The predicted molar refractivity (Wildman–Crippen MR) is 81.2 cm³/mol. The van der Waals surface area contributed by atoms with Crippen molar-refractivity contribution in [2.75, 3.05) is 13.2 Å². The SMILES string of the molecule is CCOc1ccc(-n2ccc(CNCC(C)C)n2)cc1F. The van der Waals surface area contributed by atoms with Crippen molar-refractivity contribution in [2.24, 2.45) is 5.92 Å². The average molecular weight is 291 g/mol. The Bertz CT molecular complexity index is 581. The van der Waals surface area contributed by atoms with Crippen LogP contribution in [-0.2, 0) is 6.54 Å². The first-order valence-corrected chi connectivity index (χ1v) is 7.28. The van der Waals surface area contributed by atoms with Gasteiger partial charge in [-0.15, -0.1) is 0 Å². The fourth-order valence-electron chi connectivity index (χ4n) is 1.99. The maximum Gasteiger partial charge on any atom is 0.167 e. The second-order valence-electron chi connectivity index (χ2n) is 5.32. The lowest BCUT2D eigenvalue weighted by atomic mass is 10.2. The van der Waals surface area contributed by atoms with Crippen LogP contribution in [0.3, 0.4) is 0 Å². The lowest BCUT2D eigenvalue weighted by Gasteiger charge is -2.07. The summed E-state index contributed by atoms with van der Waals surface area (Å²) in [4.78, 5) is 0. The van der Waals surface area contributed by atoms with E-state index in [0.717, 1.165) is 12.2 Å². The highest BCUT2D eigenvalue weighted by Crippen LogP contribution is 2.20. The van der Waals surface area contributed by atoms with Crippen LogP contribution in [-0.4, -0.2) is 22.9 Å². The van der Waals surface area contributed by atoms with Crippen LogP contribution in [0.5, 0.6) is 5.75 Å². The summed E-state index contributed by atoms with van der Waals surface area (Å²) in [5.41, 5.74) is 1.62. The van der Waals surface area contributed by atoms with Gasteiger partial charge in [0.15, 0.2) is 11.6 Å². The van der Waals surface area contributed by atoms with Crippen molar-refractivity contribution in [3.8, 4) is 11.4 Å². The molecule has 0 amide bonds. The molecule has 21 heavy (non-hydrogen) atoms. The van der Waals surface area contributed by atoms with Crippen LogP contribution in [0.2, 0.25) is 0 Å². The lowest BCUT2D eigenvalue weighted by molar-refractivity contribution is 0.321. The third kappa shape index (κ3) is 4.29. The van der Waals surface area contributed by atoms with Crippen molar-refractivity contribution >= 4 is 0 Å². The smallest absolute Gasteiger partial charge is 0.167 e. The van der Waals surface area contributed by atoms with Crippen molar-refractivity contribution in [2.45, 2.75) is 27.3 Å². The molecule has 0 spiro atoms. The topological polar surface area (TPSA) is 39.1 Å². The molecule has 0 saturated heterocycles. The maximum atomic E-state index is 13.8. The van der Waals surface area contributed by atoms with Crippen molar-refractivity contribution in [1.29, 1.82) is 0 Å². The summed E-state index contributed by atoms with van der Waals surface area (Å²) in [5.74, 6) is 0.504. The van der Waals surface area contributed by atoms with Crippen LogP contribution in [0.25, 0.3) is 5.69 Å². The van der Waals surface area contributed by atoms with Crippen LogP contribution in [0.4, 0.5) is 4.39 Å². The van der Waals surface area contributed by atoms with Gasteiger partial charge in [-0.05, 0) is 37.6 Å². The number of ether oxygens (including phenoxy) is 1. The highest BCUT2D eigenvalue weighted by molar-refractivity contribution is 5.38. The quantitative estimate of drug-likeness (QED) is 0.851. The van der Waals surface area contributed by atoms with Crippen molar-refractivity contribution in [3.05, 3.63) is 42.0 Å². The summed E-state index contributed by atoms with van der Waals surface area (Å²) in [7, 11) is 0. The van der Waals surface area contributed by atoms with E-state index in [0.29, 0.717) is 24.8 Å². The number of nitrogens with zero attached hydrogens (tertiary/aromatic N) is 2. The molecule has 1 heterocycles. The van der Waals surface area contributed by atoms with Gasteiger partial charge in [0, 0.05) is 18.8 Å². The Kier molecular flexibility index (Phi) is 5.33. The summed E-state index contributed by atoms with van der Waals surface area (Å²) >= 11 is 0. The minimum atomic E-state index is -0.371. The normalized spacial score (nSPS) is 11.1. The monoisotopic (exact) mass is 291 g/mol. The Morgan fingerprint density at radius 3 is 2.81 bits per heavy atom. The molecule has 0 bridgehead atoms. The Labute approximate surface area is 124 Å². The molecule has 2 aromatic rings. The summed E-state index contributed by atoms with van der Waals surface area (Å²) in [6, 6.07) is 6.80. The van der Waals surface area contributed by atoms with Crippen LogP contribution < -0.4 is 10.1 Å². The van der Waals surface area contributed by atoms with E-state index < -0.39 is 0 Å². The Hall–Kier alpha value is -1.88. The number of nitrogens with one attached hydrogen (secondary N) is 1. The Morgan fingerprint density at radius 2 is 2.14 bits per heavy atom. The van der Waals surface area contributed by atoms with Crippen LogP contribution >= 0.6 is 0 Å². The first-order valence-electron chi connectivity index (χ1n) is 7.28. The molecule has 0 fully saturated rings. The Morgan fingerprint density at radius 1 is 1.33 bits per heavy atom. The third-order valence-corrected chi connectivity index (χ3v) is 2.98. The zero-order chi connectivity index (χ0) is 15.2. The number of halogens is 1. The van der Waals surface area contributed by atoms with Crippen molar-refractivity contribution in [3.63, 3.8) is 0 Å². The summed E-state index contributed by atoms with van der Waals surface area (Å²) in [6.07, 6.45) is 1.83. The molecule has 5 heteroatoms. The van der Waals surface area contributed by atoms with E-state index in [9.17, 15) is 4.39 Å². The molecule has 4 nitrogen and oxygen atoms in total. The van der Waals surface area contributed by atoms with Crippen LogP contribution in [0, 0.1) is 11.7 Å². The fraction of sp³-hybridized carbons (Fsp3) is 0.438. The van der Waals surface area contributed by atoms with Crippen LogP contribution in [0.1, 0.15) is 26.5 Å². The van der Waals surface area contributed by atoms with Gasteiger partial charge in [0.1, 0.15) is 0 Å². The van der Waals surface area contributed by atoms with Gasteiger partial charge in [0.25, 0.3) is 0 Å². The van der Waals surface area contributed by atoms with Gasteiger partial charge in [0.2, 0.25) is 0 Å². The number of aromatic nitrogens is 2. The number of benzene rings is 1. The lowest BCUT2D eigenvalue weighted by Crippen LogP contribution is -2.19.